The van der Waals surface area contributed by atoms with Gasteiger partial charge in [0.15, 0.2) is 0 Å². The Kier molecular flexibility index (Phi) is 6.97. The summed E-state index contributed by atoms with van der Waals surface area (Å²) in [7, 11) is 0. The molecule has 0 aromatic heterocycles. The van der Waals surface area contributed by atoms with Crippen LogP contribution < -0.4 is 11.1 Å². The second-order valence-electron chi connectivity index (χ2n) is 4.73. The van der Waals surface area contributed by atoms with Crippen molar-refractivity contribution in [3.8, 4) is 0 Å². The van der Waals surface area contributed by atoms with Crippen molar-refractivity contribution in [1.29, 1.82) is 0 Å². The number of carbonyl (C=O) groups is 1. The maximum atomic E-state index is 11.9. The molecule has 0 radical (unpaired) electrons. The molecule has 1 amide bonds. The third-order valence-electron chi connectivity index (χ3n) is 2.97. The first-order chi connectivity index (χ1) is 9.17. The van der Waals surface area contributed by atoms with Gasteiger partial charge in [-0.05, 0) is 38.1 Å². The highest BCUT2D eigenvalue weighted by molar-refractivity contribution is 5.93. The maximum absolute atomic E-state index is 11.9. The molecule has 106 valence electrons. The number of benzene rings is 1. The van der Waals surface area contributed by atoms with Crippen LogP contribution in [0.25, 0.3) is 0 Å². The zero-order valence-electron chi connectivity index (χ0n) is 12.0. The summed E-state index contributed by atoms with van der Waals surface area (Å²) in [5.74, 6) is 0.0232. The topological polar surface area (TPSA) is 58.4 Å². The van der Waals surface area contributed by atoms with Crippen molar-refractivity contribution in [2.45, 2.75) is 33.1 Å². The quantitative estimate of drug-likeness (QED) is 0.709. The van der Waals surface area contributed by atoms with Gasteiger partial charge >= 0.3 is 0 Å². The van der Waals surface area contributed by atoms with Crippen LogP contribution in [-0.2, 0) is 4.79 Å². The van der Waals surface area contributed by atoms with Crippen LogP contribution in [0.3, 0.4) is 0 Å². The van der Waals surface area contributed by atoms with E-state index in [1.807, 2.05) is 18.2 Å². The van der Waals surface area contributed by atoms with Gasteiger partial charge in [0, 0.05) is 13.0 Å². The van der Waals surface area contributed by atoms with Crippen molar-refractivity contribution >= 4 is 17.3 Å². The highest BCUT2D eigenvalue weighted by atomic mass is 16.1. The summed E-state index contributed by atoms with van der Waals surface area (Å²) < 4.78 is 0. The summed E-state index contributed by atoms with van der Waals surface area (Å²) in [4.78, 5) is 14.2. The lowest BCUT2D eigenvalue weighted by atomic mass is 10.2. The molecular weight excluding hydrogens is 238 g/mol. The fourth-order valence-corrected chi connectivity index (χ4v) is 2.05. The van der Waals surface area contributed by atoms with Crippen LogP contribution >= 0.6 is 0 Å². The number of nitrogens with two attached hydrogens (primary N) is 1. The summed E-state index contributed by atoms with van der Waals surface area (Å²) in [6, 6.07) is 7.33. The van der Waals surface area contributed by atoms with Crippen molar-refractivity contribution in [1.82, 2.24) is 4.90 Å². The number of amides is 1. The molecule has 0 aliphatic carbocycles. The first kappa shape index (κ1) is 15.5. The molecule has 0 heterocycles. The fourth-order valence-electron chi connectivity index (χ4n) is 2.05. The Morgan fingerprint density at radius 1 is 1.16 bits per heavy atom. The molecule has 0 saturated carbocycles. The molecule has 1 rings (SSSR count). The Morgan fingerprint density at radius 3 is 2.37 bits per heavy atom. The van der Waals surface area contributed by atoms with E-state index in [1.165, 1.54) is 0 Å². The number of para-hydroxylation sites is 2. The van der Waals surface area contributed by atoms with Gasteiger partial charge in [-0.2, -0.15) is 0 Å². The summed E-state index contributed by atoms with van der Waals surface area (Å²) >= 11 is 0. The minimum atomic E-state index is 0.0232. The molecular formula is C15H25N3O. The number of anilines is 2. The molecule has 0 atom stereocenters. The number of nitrogens with one attached hydrogen (secondary N) is 1. The van der Waals surface area contributed by atoms with E-state index in [0.29, 0.717) is 17.8 Å². The van der Waals surface area contributed by atoms with Gasteiger partial charge in [-0.25, -0.2) is 0 Å². The molecule has 0 aliphatic rings. The van der Waals surface area contributed by atoms with Gasteiger partial charge in [0.2, 0.25) is 5.91 Å². The van der Waals surface area contributed by atoms with E-state index in [-0.39, 0.29) is 5.91 Å². The molecule has 0 fully saturated rings. The summed E-state index contributed by atoms with van der Waals surface area (Å²) in [6.07, 6.45) is 2.74. The van der Waals surface area contributed by atoms with Gasteiger partial charge in [-0.15, -0.1) is 0 Å². The second kappa shape index (κ2) is 8.53. The second-order valence-corrected chi connectivity index (χ2v) is 4.73. The van der Waals surface area contributed by atoms with Crippen molar-refractivity contribution in [2.24, 2.45) is 0 Å². The van der Waals surface area contributed by atoms with Crippen molar-refractivity contribution in [3.63, 3.8) is 0 Å². The molecule has 4 nitrogen and oxygen atoms in total. The van der Waals surface area contributed by atoms with E-state index < -0.39 is 0 Å². The van der Waals surface area contributed by atoms with E-state index >= 15 is 0 Å². The van der Waals surface area contributed by atoms with Crippen molar-refractivity contribution in [2.75, 3.05) is 30.7 Å². The van der Waals surface area contributed by atoms with Gasteiger partial charge < -0.3 is 16.0 Å². The Morgan fingerprint density at radius 2 is 1.79 bits per heavy atom. The van der Waals surface area contributed by atoms with Crippen molar-refractivity contribution in [3.05, 3.63) is 24.3 Å². The van der Waals surface area contributed by atoms with E-state index in [2.05, 4.69) is 24.1 Å². The molecule has 0 unspecified atom stereocenters. The van der Waals surface area contributed by atoms with E-state index in [0.717, 1.165) is 32.5 Å². The minimum Gasteiger partial charge on any atom is -0.397 e. The highest BCUT2D eigenvalue weighted by Crippen LogP contribution is 2.16. The molecule has 3 N–H and O–H groups in total. The van der Waals surface area contributed by atoms with E-state index in [9.17, 15) is 4.79 Å². The van der Waals surface area contributed by atoms with E-state index in [1.54, 1.807) is 6.07 Å². The van der Waals surface area contributed by atoms with Crippen LogP contribution in [0, 0.1) is 0 Å². The summed E-state index contributed by atoms with van der Waals surface area (Å²) in [5, 5.41) is 2.86. The van der Waals surface area contributed by atoms with Gasteiger partial charge in [0.25, 0.3) is 0 Å². The molecule has 0 spiro atoms. The Labute approximate surface area is 116 Å². The van der Waals surface area contributed by atoms with Crippen molar-refractivity contribution < 1.29 is 4.79 Å². The lowest BCUT2D eigenvalue weighted by Gasteiger charge is -2.20. The average molecular weight is 263 g/mol. The predicted molar refractivity (Wildman–Crippen MR) is 81.1 cm³/mol. The molecule has 0 saturated heterocycles. The number of hydrogen-bond acceptors (Lipinski definition) is 3. The summed E-state index contributed by atoms with van der Waals surface area (Å²) in [5.41, 5.74) is 7.10. The average Bonchev–Trinajstić information content (AvgIpc) is 2.39. The first-order valence-electron chi connectivity index (χ1n) is 7.04. The maximum Gasteiger partial charge on any atom is 0.225 e. The SMILES string of the molecule is CCCN(CCC)CCC(=O)Nc1ccccc1N. The normalized spacial score (nSPS) is 10.7. The first-order valence-corrected chi connectivity index (χ1v) is 7.04. The Bertz CT molecular complexity index is 387. The standard InChI is InChI=1S/C15H25N3O/c1-3-10-18(11-4-2)12-9-15(19)17-14-8-6-5-7-13(14)16/h5-8H,3-4,9-12,16H2,1-2H3,(H,17,19). The van der Waals surface area contributed by atoms with Crippen LogP contribution in [0.4, 0.5) is 11.4 Å². The number of carbonyl (C=O) groups excluding carboxylic acids is 1. The van der Waals surface area contributed by atoms with Crippen LogP contribution in [0.15, 0.2) is 24.3 Å². The number of hydrogen-bond donors (Lipinski definition) is 2. The summed E-state index contributed by atoms with van der Waals surface area (Å²) in [6.45, 7) is 7.23. The molecule has 1 aromatic carbocycles. The molecule has 0 aliphatic heterocycles. The number of nitrogens with zero attached hydrogens (tertiary/aromatic N) is 1. The van der Waals surface area contributed by atoms with E-state index in [4.69, 9.17) is 5.73 Å². The monoisotopic (exact) mass is 263 g/mol. The Hall–Kier alpha value is -1.55. The number of nitrogen functional groups attached to an aromatic ring is 1. The van der Waals surface area contributed by atoms with Gasteiger partial charge in [-0.3, -0.25) is 4.79 Å². The largest absolute Gasteiger partial charge is 0.397 e. The zero-order valence-corrected chi connectivity index (χ0v) is 12.0. The van der Waals surface area contributed by atoms with Gasteiger partial charge in [0.1, 0.15) is 0 Å². The molecule has 0 bridgehead atoms. The number of rotatable bonds is 8. The smallest absolute Gasteiger partial charge is 0.225 e. The predicted octanol–water partition coefficient (Wildman–Crippen LogP) is 2.72. The third kappa shape index (κ3) is 5.75. The van der Waals surface area contributed by atoms with Crippen LogP contribution in [0.1, 0.15) is 33.1 Å². The zero-order chi connectivity index (χ0) is 14.1. The highest BCUT2D eigenvalue weighted by Gasteiger charge is 2.08. The van der Waals surface area contributed by atoms with Gasteiger partial charge in [-0.1, -0.05) is 26.0 Å². The van der Waals surface area contributed by atoms with Gasteiger partial charge in [0.05, 0.1) is 11.4 Å². The van der Waals surface area contributed by atoms with Crippen LogP contribution in [0.5, 0.6) is 0 Å². The van der Waals surface area contributed by atoms with Crippen LogP contribution in [-0.4, -0.2) is 30.4 Å². The Balaban J connectivity index is 2.40. The minimum absolute atomic E-state index is 0.0232. The molecule has 19 heavy (non-hydrogen) atoms. The molecule has 4 heteroatoms. The fraction of sp³-hybridized carbons (Fsp3) is 0.533. The molecule has 1 aromatic rings. The third-order valence-corrected chi connectivity index (χ3v) is 2.97. The lowest BCUT2D eigenvalue weighted by molar-refractivity contribution is -0.116. The van der Waals surface area contributed by atoms with Crippen LogP contribution in [0.2, 0.25) is 0 Å². The lowest BCUT2D eigenvalue weighted by Crippen LogP contribution is -2.29.